The van der Waals surface area contributed by atoms with Crippen molar-refractivity contribution < 1.29 is 13.2 Å². The number of benzene rings is 1. The average molecular weight is 270 g/mol. The molecule has 0 aliphatic heterocycles. The molecule has 2 nitrogen and oxygen atoms in total. The van der Waals surface area contributed by atoms with E-state index < -0.39 is 17.5 Å². The van der Waals surface area contributed by atoms with Crippen LogP contribution in [0.25, 0.3) is 0 Å². The van der Waals surface area contributed by atoms with E-state index in [9.17, 15) is 13.2 Å². The Bertz CT molecular complexity index is 478. The van der Waals surface area contributed by atoms with Crippen molar-refractivity contribution in [2.45, 2.75) is 33.1 Å². The first-order chi connectivity index (χ1) is 8.87. The molecule has 0 bridgehead atoms. The third-order valence-corrected chi connectivity index (χ3v) is 2.88. The number of nitrogens with one attached hydrogen (secondary N) is 1. The lowest BCUT2D eigenvalue weighted by atomic mass is 9.89. The fourth-order valence-electron chi connectivity index (χ4n) is 1.63. The summed E-state index contributed by atoms with van der Waals surface area (Å²) in [4.78, 5) is 0. The van der Waals surface area contributed by atoms with Gasteiger partial charge in [0.25, 0.3) is 0 Å². The number of nitrogens with zero attached hydrogens (tertiary/aromatic N) is 1. The van der Waals surface area contributed by atoms with Gasteiger partial charge in [0.1, 0.15) is 0 Å². The maximum Gasteiger partial charge on any atom is 0.196 e. The molecule has 5 heteroatoms. The van der Waals surface area contributed by atoms with Gasteiger partial charge in [0.05, 0.1) is 17.2 Å². The van der Waals surface area contributed by atoms with Gasteiger partial charge in [-0.25, -0.2) is 13.2 Å². The van der Waals surface area contributed by atoms with E-state index in [2.05, 4.69) is 11.4 Å². The van der Waals surface area contributed by atoms with E-state index in [4.69, 9.17) is 5.26 Å². The lowest BCUT2D eigenvalue weighted by molar-refractivity contribution is 0.429. The smallest absolute Gasteiger partial charge is 0.196 e. The Hall–Kier alpha value is -1.70. The van der Waals surface area contributed by atoms with Gasteiger partial charge in [-0.1, -0.05) is 6.42 Å². The first-order valence-corrected chi connectivity index (χ1v) is 6.16. The summed E-state index contributed by atoms with van der Waals surface area (Å²) in [6, 6.07) is 4.26. The minimum absolute atomic E-state index is 0.0431. The summed E-state index contributed by atoms with van der Waals surface area (Å²) in [6.45, 7) is 4.16. The predicted octanol–water partition coefficient (Wildman–Crippen LogP) is 4.24. The maximum atomic E-state index is 13.3. The van der Waals surface area contributed by atoms with Crippen molar-refractivity contribution in [1.29, 1.82) is 5.26 Å². The first kappa shape index (κ1) is 15.4. The van der Waals surface area contributed by atoms with Gasteiger partial charge in [-0.05, 0) is 38.8 Å². The second-order valence-electron chi connectivity index (χ2n) is 5.10. The Morgan fingerprint density at radius 2 is 1.84 bits per heavy atom. The minimum atomic E-state index is -1.46. The summed E-state index contributed by atoms with van der Waals surface area (Å²) in [7, 11) is 0. The molecule has 1 aromatic rings. The van der Waals surface area contributed by atoms with Gasteiger partial charge in [0.2, 0.25) is 0 Å². The first-order valence-electron chi connectivity index (χ1n) is 6.16. The van der Waals surface area contributed by atoms with Gasteiger partial charge in [-0.3, -0.25) is 0 Å². The van der Waals surface area contributed by atoms with E-state index >= 15 is 0 Å². The number of rotatable bonds is 6. The van der Waals surface area contributed by atoms with Crippen LogP contribution in [0, 0.1) is 34.2 Å². The van der Waals surface area contributed by atoms with Crippen molar-refractivity contribution >= 4 is 5.69 Å². The van der Waals surface area contributed by atoms with E-state index in [1.807, 2.05) is 13.8 Å². The van der Waals surface area contributed by atoms with E-state index in [1.54, 1.807) is 0 Å². The molecule has 0 heterocycles. The van der Waals surface area contributed by atoms with E-state index in [1.165, 1.54) is 6.07 Å². The quantitative estimate of drug-likeness (QED) is 0.620. The molecular weight excluding hydrogens is 253 g/mol. The summed E-state index contributed by atoms with van der Waals surface area (Å²) in [6.07, 6.45) is 2.27. The standard InChI is InChI=1S/C14H17F3N2/c1-14(2,9-18)7-3-4-8-19-11-6-5-10(15)12(16)13(11)17/h5-6,19H,3-4,7-8H2,1-2H3. The van der Waals surface area contributed by atoms with Crippen molar-refractivity contribution in [3.05, 3.63) is 29.6 Å². The van der Waals surface area contributed by atoms with Crippen LogP contribution in [0.2, 0.25) is 0 Å². The zero-order valence-corrected chi connectivity index (χ0v) is 11.1. The van der Waals surface area contributed by atoms with Crippen LogP contribution >= 0.6 is 0 Å². The van der Waals surface area contributed by atoms with Crippen molar-refractivity contribution in [2.24, 2.45) is 5.41 Å². The molecule has 0 aromatic heterocycles. The molecule has 104 valence electrons. The highest BCUT2D eigenvalue weighted by molar-refractivity contribution is 5.45. The molecule has 1 N–H and O–H groups in total. The Morgan fingerprint density at radius 1 is 1.16 bits per heavy atom. The lowest BCUT2D eigenvalue weighted by Gasteiger charge is -2.14. The van der Waals surface area contributed by atoms with Crippen LogP contribution in [-0.2, 0) is 0 Å². The Morgan fingerprint density at radius 3 is 2.47 bits per heavy atom. The third-order valence-electron chi connectivity index (χ3n) is 2.88. The van der Waals surface area contributed by atoms with E-state index in [0.29, 0.717) is 6.54 Å². The molecule has 0 amide bonds. The van der Waals surface area contributed by atoms with Gasteiger partial charge in [0, 0.05) is 6.54 Å². The molecule has 0 radical (unpaired) electrons. The van der Waals surface area contributed by atoms with Crippen molar-refractivity contribution in [1.82, 2.24) is 0 Å². The largest absolute Gasteiger partial charge is 0.383 e. The number of hydrogen-bond donors (Lipinski definition) is 1. The van der Waals surface area contributed by atoms with Crippen molar-refractivity contribution in [2.75, 3.05) is 11.9 Å². The second kappa shape index (κ2) is 6.46. The normalized spacial score (nSPS) is 11.2. The molecule has 0 fully saturated rings. The number of hydrogen-bond acceptors (Lipinski definition) is 2. The molecule has 0 aliphatic rings. The summed E-state index contributed by atoms with van der Waals surface area (Å²) < 4.78 is 38.9. The van der Waals surface area contributed by atoms with Crippen LogP contribution in [0.4, 0.5) is 18.9 Å². The van der Waals surface area contributed by atoms with Gasteiger partial charge in [0.15, 0.2) is 17.5 Å². The van der Waals surface area contributed by atoms with Gasteiger partial charge < -0.3 is 5.32 Å². The molecule has 0 spiro atoms. The summed E-state index contributed by atoms with van der Waals surface area (Å²) in [5, 5.41) is 11.5. The molecule has 19 heavy (non-hydrogen) atoms. The molecule has 0 saturated carbocycles. The molecule has 0 unspecified atom stereocenters. The Kier molecular flexibility index (Phi) is 5.22. The predicted molar refractivity (Wildman–Crippen MR) is 68.1 cm³/mol. The lowest BCUT2D eigenvalue weighted by Crippen LogP contribution is -2.10. The van der Waals surface area contributed by atoms with Gasteiger partial charge >= 0.3 is 0 Å². The summed E-state index contributed by atoms with van der Waals surface area (Å²) in [5.41, 5.74) is -0.411. The Balaban J connectivity index is 2.39. The molecule has 0 atom stereocenters. The minimum Gasteiger partial charge on any atom is -0.383 e. The average Bonchev–Trinajstić information content (AvgIpc) is 2.38. The third kappa shape index (κ3) is 4.47. The van der Waals surface area contributed by atoms with Crippen LogP contribution in [-0.4, -0.2) is 6.54 Å². The number of anilines is 1. The molecule has 1 rings (SSSR count). The topological polar surface area (TPSA) is 35.8 Å². The maximum absolute atomic E-state index is 13.3. The van der Waals surface area contributed by atoms with Gasteiger partial charge in [-0.15, -0.1) is 0 Å². The molecular formula is C14H17F3N2. The second-order valence-corrected chi connectivity index (χ2v) is 5.10. The highest BCUT2D eigenvalue weighted by atomic mass is 19.2. The van der Waals surface area contributed by atoms with Crippen molar-refractivity contribution in [3.8, 4) is 6.07 Å². The summed E-state index contributed by atoms with van der Waals surface area (Å²) in [5.74, 6) is -3.85. The van der Waals surface area contributed by atoms with Crippen LogP contribution in [0.15, 0.2) is 12.1 Å². The monoisotopic (exact) mass is 270 g/mol. The fraction of sp³-hybridized carbons (Fsp3) is 0.500. The highest BCUT2D eigenvalue weighted by Gasteiger charge is 2.16. The Labute approximate surface area is 111 Å². The molecule has 0 saturated heterocycles. The van der Waals surface area contributed by atoms with Crippen LogP contribution in [0.3, 0.4) is 0 Å². The molecule has 0 aliphatic carbocycles. The number of halogens is 3. The number of nitriles is 1. The number of unbranched alkanes of at least 4 members (excludes halogenated alkanes) is 1. The van der Waals surface area contributed by atoms with E-state index in [0.717, 1.165) is 25.3 Å². The highest BCUT2D eigenvalue weighted by Crippen LogP contribution is 2.22. The zero-order valence-electron chi connectivity index (χ0n) is 11.1. The fourth-order valence-corrected chi connectivity index (χ4v) is 1.63. The summed E-state index contributed by atoms with van der Waals surface area (Å²) >= 11 is 0. The zero-order chi connectivity index (χ0) is 14.5. The van der Waals surface area contributed by atoms with Gasteiger partial charge in [-0.2, -0.15) is 5.26 Å². The van der Waals surface area contributed by atoms with Crippen LogP contribution < -0.4 is 5.32 Å². The van der Waals surface area contributed by atoms with E-state index in [-0.39, 0.29) is 11.1 Å². The van der Waals surface area contributed by atoms with Crippen LogP contribution in [0.1, 0.15) is 33.1 Å². The van der Waals surface area contributed by atoms with Crippen LogP contribution in [0.5, 0.6) is 0 Å². The SMILES string of the molecule is CC(C)(C#N)CCCCNc1ccc(F)c(F)c1F. The molecule has 1 aromatic carbocycles. The van der Waals surface area contributed by atoms with Crippen molar-refractivity contribution in [3.63, 3.8) is 0 Å².